The third-order valence-electron chi connectivity index (χ3n) is 5.28. The standard InChI is InChI=1S/C21H21ClN2O3/c1-12-19(13-6-4-5-7-15(13)23-12)21(8-9-21)20(25)24-16-11-17(26-2)14(22)10-18(16)27-3/h4-7,10-11,23H,8-9H2,1-3H3,(H,24,25). The summed E-state index contributed by atoms with van der Waals surface area (Å²) in [6.45, 7) is 2.02. The predicted octanol–water partition coefficient (Wildman–Crippen LogP) is 4.82. The number of fused-ring (bicyclic) bond motifs is 1. The Labute approximate surface area is 162 Å². The molecule has 0 radical (unpaired) electrons. The van der Waals surface area contributed by atoms with E-state index in [0.717, 1.165) is 35.0 Å². The van der Waals surface area contributed by atoms with Crippen molar-refractivity contribution in [3.05, 3.63) is 52.7 Å². The van der Waals surface area contributed by atoms with Gasteiger partial charge in [0.05, 0.1) is 30.3 Å². The minimum Gasteiger partial charge on any atom is -0.495 e. The number of rotatable bonds is 5. The van der Waals surface area contributed by atoms with Crippen LogP contribution in [-0.4, -0.2) is 25.1 Å². The summed E-state index contributed by atoms with van der Waals surface area (Å²) < 4.78 is 10.7. The monoisotopic (exact) mass is 384 g/mol. The molecule has 2 aromatic carbocycles. The average Bonchev–Trinajstić information content (AvgIpc) is 3.39. The molecule has 0 unspecified atom stereocenters. The zero-order chi connectivity index (χ0) is 19.2. The first-order valence-corrected chi connectivity index (χ1v) is 9.18. The summed E-state index contributed by atoms with van der Waals surface area (Å²) in [5.74, 6) is 0.944. The van der Waals surface area contributed by atoms with E-state index in [0.29, 0.717) is 22.2 Å². The number of para-hydroxylation sites is 1. The summed E-state index contributed by atoms with van der Waals surface area (Å²) in [6, 6.07) is 11.4. The summed E-state index contributed by atoms with van der Waals surface area (Å²) >= 11 is 6.16. The van der Waals surface area contributed by atoms with Gasteiger partial charge in [0.2, 0.25) is 5.91 Å². The minimum atomic E-state index is -0.526. The van der Waals surface area contributed by atoms with Gasteiger partial charge >= 0.3 is 0 Å². The van der Waals surface area contributed by atoms with E-state index in [4.69, 9.17) is 21.1 Å². The number of H-pyrrole nitrogens is 1. The number of hydrogen-bond donors (Lipinski definition) is 2. The number of carbonyl (C=O) groups excluding carboxylic acids is 1. The Kier molecular flexibility index (Phi) is 4.27. The lowest BCUT2D eigenvalue weighted by molar-refractivity contribution is -0.118. The molecule has 2 N–H and O–H groups in total. The third kappa shape index (κ3) is 2.82. The molecule has 3 aromatic rings. The van der Waals surface area contributed by atoms with Crippen molar-refractivity contribution in [2.45, 2.75) is 25.2 Å². The maximum Gasteiger partial charge on any atom is 0.235 e. The molecule has 1 saturated carbocycles. The summed E-state index contributed by atoms with van der Waals surface area (Å²) in [5.41, 5.74) is 3.18. The SMILES string of the molecule is COc1cc(NC(=O)C2(c3c(C)[nH]c4ccccc34)CC2)c(OC)cc1Cl. The second kappa shape index (κ2) is 6.50. The summed E-state index contributed by atoms with van der Waals surface area (Å²) in [7, 11) is 3.08. The molecule has 1 aromatic heterocycles. The quantitative estimate of drug-likeness (QED) is 0.663. The molecule has 5 nitrogen and oxygen atoms in total. The second-order valence-corrected chi connectivity index (χ2v) is 7.30. The van der Waals surface area contributed by atoms with Gasteiger partial charge in [0, 0.05) is 28.7 Å². The number of nitrogens with one attached hydrogen (secondary N) is 2. The van der Waals surface area contributed by atoms with Gasteiger partial charge in [0.15, 0.2) is 0 Å². The largest absolute Gasteiger partial charge is 0.495 e. The van der Waals surface area contributed by atoms with Crippen molar-refractivity contribution in [3.63, 3.8) is 0 Å². The number of halogens is 1. The Hall–Kier alpha value is -2.66. The zero-order valence-corrected chi connectivity index (χ0v) is 16.2. The van der Waals surface area contributed by atoms with E-state index < -0.39 is 5.41 Å². The van der Waals surface area contributed by atoms with Gasteiger partial charge in [-0.1, -0.05) is 29.8 Å². The van der Waals surface area contributed by atoms with Gasteiger partial charge in [0.25, 0.3) is 0 Å². The van der Waals surface area contributed by atoms with Crippen LogP contribution < -0.4 is 14.8 Å². The summed E-state index contributed by atoms with van der Waals surface area (Å²) in [6.07, 6.45) is 1.63. The lowest BCUT2D eigenvalue weighted by Gasteiger charge is -2.18. The van der Waals surface area contributed by atoms with Crippen molar-refractivity contribution in [1.82, 2.24) is 4.98 Å². The highest BCUT2D eigenvalue weighted by atomic mass is 35.5. The van der Waals surface area contributed by atoms with Crippen molar-refractivity contribution in [3.8, 4) is 11.5 Å². The number of benzene rings is 2. The molecule has 0 bridgehead atoms. The van der Waals surface area contributed by atoms with Crippen molar-refractivity contribution in [1.29, 1.82) is 0 Å². The van der Waals surface area contributed by atoms with Gasteiger partial charge in [0.1, 0.15) is 11.5 Å². The van der Waals surface area contributed by atoms with Crippen LogP contribution in [0.3, 0.4) is 0 Å². The van der Waals surface area contributed by atoms with E-state index >= 15 is 0 Å². The summed E-state index contributed by atoms with van der Waals surface area (Å²) in [5, 5.41) is 4.56. The number of aromatic nitrogens is 1. The van der Waals surface area contributed by atoms with Gasteiger partial charge in [-0.3, -0.25) is 4.79 Å². The van der Waals surface area contributed by atoms with E-state index in [2.05, 4.69) is 16.4 Å². The van der Waals surface area contributed by atoms with Crippen LogP contribution in [0.25, 0.3) is 10.9 Å². The van der Waals surface area contributed by atoms with Gasteiger partial charge in [-0.05, 0) is 31.4 Å². The van der Waals surface area contributed by atoms with Crippen LogP contribution in [0, 0.1) is 6.92 Å². The topological polar surface area (TPSA) is 63.3 Å². The molecule has 0 aliphatic heterocycles. The van der Waals surface area contributed by atoms with Crippen LogP contribution in [0.15, 0.2) is 36.4 Å². The highest BCUT2D eigenvalue weighted by Crippen LogP contribution is 2.53. The molecule has 1 aliphatic carbocycles. The lowest BCUT2D eigenvalue weighted by atomic mass is 9.92. The Balaban J connectivity index is 1.72. The Morgan fingerprint density at radius 1 is 1.15 bits per heavy atom. The molecule has 0 spiro atoms. The maximum absolute atomic E-state index is 13.3. The maximum atomic E-state index is 13.3. The molecule has 1 heterocycles. The molecule has 140 valence electrons. The fraction of sp³-hybridized carbons (Fsp3) is 0.286. The number of carbonyl (C=O) groups is 1. The first-order chi connectivity index (χ1) is 13.0. The molecule has 1 amide bonds. The van der Waals surface area contributed by atoms with E-state index in [-0.39, 0.29) is 5.91 Å². The van der Waals surface area contributed by atoms with Crippen LogP contribution in [0.5, 0.6) is 11.5 Å². The number of methoxy groups -OCH3 is 2. The fourth-order valence-corrected chi connectivity index (χ4v) is 4.04. The number of amides is 1. The molecule has 0 saturated heterocycles. The van der Waals surface area contributed by atoms with Crippen LogP contribution in [0.4, 0.5) is 5.69 Å². The van der Waals surface area contributed by atoms with Crippen LogP contribution in [-0.2, 0) is 10.2 Å². The first-order valence-electron chi connectivity index (χ1n) is 8.81. The smallest absolute Gasteiger partial charge is 0.235 e. The second-order valence-electron chi connectivity index (χ2n) is 6.89. The molecule has 0 atom stereocenters. The molecule has 1 aliphatic rings. The van der Waals surface area contributed by atoms with Crippen LogP contribution in [0.2, 0.25) is 5.02 Å². The molecule has 1 fully saturated rings. The van der Waals surface area contributed by atoms with Crippen molar-refractivity contribution in [2.75, 3.05) is 19.5 Å². The van der Waals surface area contributed by atoms with Crippen LogP contribution in [0.1, 0.15) is 24.1 Å². The lowest BCUT2D eigenvalue weighted by Crippen LogP contribution is -2.28. The van der Waals surface area contributed by atoms with Gasteiger partial charge in [-0.2, -0.15) is 0 Å². The van der Waals surface area contributed by atoms with E-state index in [1.165, 1.54) is 7.11 Å². The number of ether oxygens (including phenoxy) is 2. The first kappa shape index (κ1) is 17.7. The van der Waals surface area contributed by atoms with Gasteiger partial charge < -0.3 is 19.8 Å². The molecule has 27 heavy (non-hydrogen) atoms. The van der Waals surface area contributed by atoms with E-state index in [9.17, 15) is 4.79 Å². The summed E-state index contributed by atoms with van der Waals surface area (Å²) in [4.78, 5) is 16.7. The molecular formula is C21H21ClN2O3. The highest BCUT2D eigenvalue weighted by Gasteiger charge is 2.53. The normalized spacial score (nSPS) is 14.8. The number of anilines is 1. The minimum absolute atomic E-state index is 0.0435. The predicted molar refractivity (Wildman–Crippen MR) is 107 cm³/mol. The van der Waals surface area contributed by atoms with E-state index in [1.807, 2.05) is 25.1 Å². The van der Waals surface area contributed by atoms with Crippen molar-refractivity contribution >= 4 is 34.1 Å². The Bertz CT molecular complexity index is 1040. The number of aromatic amines is 1. The van der Waals surface area contributed by atoms with Crippen LogP contribution >= 0.6 is 11.6 Å². The Morgan fingerprint density at radius 2 is 1.85 bits per heavy atom. The zero-order valence-electron chi connectivity index (χ0n) is 15.5. The van der Waals surface area contributed by atoms with Crippen molar-refractivity contribution in [2.24, 2.45) is 0 Å². The van der Waals surface area contributed by atoms with Gasteiger partial charge in [-0.15, -0.1) is 0 Å². The van der Waals surface area contributed by atoms with Gasteiger partial charge in [-0.25, -0.2) is 0 Å². The Morgan fingerprint density at radius 3 is 2.52 bits per heavy atom. The average molecular weight is 385 g/mol. The molecule has 4 rings (SSSR count). The van der Waals surface area contributed by atoms with E-state index in [1.54, 1.807) is 19.2 Å². The molecular weight excluding hydrogens is 364 g/mol. The highest BCUT2D eigenvalue weighted by molar-refractivity contribution is 6.32. The number of hydrogen-bond acceptors (Lipinski definition) is 3. The number of aryl methyl sites for hydroxylation is 1. The molecule has 6 heteroatoms. The third-order valence-corrected chi connectivity index (χ3v) is 5.57. The fourth-order valence-electron chi connectivity index (χ4n) is 3.81. The van der Waals surface area contributed by atoms with Crippen molar-refractivity contribution < 1.29 is 14.3 Å².